The minimum Gasteiger partial charge on any atom is -0.458 e. The van der Waals surface area contributed by atoms with Crippen molar-refractivity contribution in [3.05, 3.63) is 158 Å². The van der Waals surface area contributed by atoms with Gasteiger partial charge in [-0.25, -0.2) is 0 Å². The van der Waals surface area contributed by atoms with Gasteiger partial charge in [0.2, 0.25) is 0 Å². The molecule has 0 N–H and O–H groups in total. The van der Waals surface area contributed by atoms with E-state index >= 15 is 0 Å². The SMILES string of the molecule is c1ccc(-c2cc3c4c(c2)Oc2c(cccc2-c2ccc(-n5c6ccccc6c6ccccc65)cc2)B4c2ccccc2O3)cc1. The molecule has 0 radical (unpaired) electrons. The number of hydrogen-bond acceptors (Lipinski definition) is 2. The number of para-hydroxylation sites is 4. The third-order valence-corrected chi connectivity index (χ3v) is 9.53. The van der Waals surface area contributed by atoms with Gasteiger partial charge in [-0.1, -0.05) is 115 Å². The molecule has 3 heterocycles. The molecular weight excluding hydrogens is 561 g/mol. The van der Waals surface area contributed by atoms with Crippen LogP contribution in [0.1, 0.15) is 0 Å². The fourth-order valence-corrected chi connectivity index (χ4v) is 7.48. The summed E-state index contributed by atoms with van der Waals surface area (Å²) in [5.41, 5.74) is 11.3. The summed E-state index contributed by atoms with van der Waals surface area (Å²) in [4.78, 5) is 0. The van der Waals surface area contributed by atoms with E-state index in [0.29, 0.717) is 0 Å². The Morgan fingerprint density at radius 2 is 1.07 bits per heavy atom. The van der Waals surface area contributed by atoms with Crippen molar-refractivity contribution in [2.45, 2.75) is 0 Å². The minimum absolute atomic E-state index is 0.0142. The van der Waals surface area contributed by atoms with Gasteiger partial charge < -0.3 is 14.0 Å². The number of nitrogens with zero attached hydrogens (tertiary/aromatic N) is 1. The van der Waals surface area contributed by atoms with Gasteiger partial charge >= 0.3 is 0 Å². The van der Waals surface area contributed by atoms with Gasteiger partial charge in [-0.3, -0.25) is 0 Å². The molecule has 0 aliphatic carbocycles. The van der Waals surface area contributed by atoms with Crippen molar-refractivity contribution in [1.29, 1.82) is 0 Å². The summed E-state index contributed by atoms with van der Waals surface area (Å²) in [7, 11) is 0. The predicted octanol–water partition coefficient (Wildman–Crippen LogP) is 8.85. The van der Waals surface area contributed by atoms with Gasteiger partial charge in [0.05, 0.1) is 11.0 Å². The lowest BCUT2D eigenvalue weighted by molar-refractivity contribution is 0.466. The summed E-state index contributed by atoms with van der Waals surface area (Å²) >= 11 is 0. The second kappa shape index (κ2) is 9.75. The molecule has 3 nitrogen and oxygen atoms in total. The van der Waals surface area contributed by atoms with Crippen LogP contribution in [0.3, 0.4) is 0 Å². The monoisotopic (exact) mass is 587 g/mol. The number of hydrogen-bond donors (Lipinski definition) is 0. The van der Waals surface area contributed by atoms with E-state index in [4.69, 9.17) is 9.47 Å². The van der Waals surface area contributed by atoms with Crippen LogP contribution >= 0.6 is 0 Å². The minimum atomic E-state index is 0.0142. The first-order valence-corrected chi connectivity index (χ1v) is 15.7. The molecule has 0 bridgehead atoms. The van der Waals surface area contributed by atoms with Crippen LogP contribution in [0.5, 0.6) is 23.0 Å². The van der Waals surface area contributed by atoms with Crippen molar-refractivity contribution < 1.29 is 9.47 Å². The van der Waals surface area contributed by atoms with Crippen molar-refractivity contribution in [3.63, 3.8) is 0 Å². The Kier molecular flexibility index (Phi) is 5.37. The van der Waals surface area contributed by atoms with E-state index in [2.05, 4.69) is 150 Å². The van der Waals surface area contributed by atoms with Crippen LogP contribution in [0, 0.1) is 0 Å². The Bertz CT molecular complexity index is 2430. The highest BCUT2D eigenvalue weighted by molar-refractivity contribution is 6.98. The van der Waals surface area contributed by atoms with E-state index in [9.17, 15) is 0 Å². The first-order valence-electron chi connectivity index (χ1n) is 15.7. The fraction of sp³-hybridized carbons (Fsp3) is 0. The van der Waals surface area contributed by atoms with Gasteiger partial charge in [0.15, 0.2) is 0 Å². The molecule has 0 atom stereocenters. The number of ether oxygens (including phenoxy) is 2. The highest BCUT2D eigenvalue weighted by atomic mass is 16.5. The Labute approximate surface area is 267 Å². The van der Waals surface area contributed by atoms with Crippen LogP contribution in [-0.2, 0) is 0 Å². The van der Waals surface area contributed by atoms with Crippen molar-refractivity contribution in [2.75, 3.05) is 0 Å². The van der Waals surface area contributed by atoms with Gasteiger partial charge in [0.1, 0.15) is 23.0 Å². The second-order valence-electron chi connectivity index (χ2n) is 12.1. The van der Waals surface area contributed by atoms with Crippen molar-refractivity contribution in [2.24, 2.45) is 0 Å². The summed E-state index contributed by atoms with van der Waals surface area (Å²) in [6, 6.07) is 55.8. The van der Waals surface area contributed by atoms with Gasteiger partial charge in [0.25, 0.3) is 6.71 Å². The first kappa shape index (κ1) is 25.3. The largest absolute Gasteiger partial charge is 0.458 e. The van der Waals surface area contributed by atoms with E-state index in [0.717, 1.165) is 67.3 Å². The summed E-state index contributed by atoms with van der Waals surface area (Å²) in [6.45, 7) is 0.0142. The maximum absolute atomic E-state index is 6.92. The Morgan fingerprint density at radius 1 is 0.435 bits per heavy atom. The van der Waals surface area contributed by atoms with E-state index in [-0.39, 0.29) is 6.71 Å². The number of aromatic nitrogens is 1. The Hall–Kier alpha value is -6.00. The predicted molar refractivity (Wildman–Crippen MR) is 189 cm³/mol. The van der Waals surface area contributed by atoms with Crippen LogP contribution in [0.4, 0.5) is 0 Å². The Morgan fingerprint density at radius 3 is 1.83 bits per heavy atom. The normalized spacial score (nSPS) is 12.7. The lowest BCUT2D eigenvalue weighted by Crippen LogP contribution is -2.57. The van der Waals surface area contributed by atoms with E-state index in [1.165, 1.54) is 21.8 Å². The highest BCUT2D eigenvalue weighted by Gasteiger charge is 2.41. The smallest absolute Gasteiger partial charge is 0.260 e. The lowest BCUT2D eigenvalue weighted by atomic mass is 9.34. The summed E-state index contributed by atoms with van der Waals surface area (Å²) in [5, 5.41) is 2.52. The van der Waals surface area contributed by atoms with Gasteiger partial charge in [-0.2, -0.15) is 0 Å². The molecular formula is C42H26BNO2. The highest BCUT2D eigenvalue weighted by Crippen LogP contribution is 2.42. The Balaban J connectivity index is 1.13. The maximum Gasteiger partial charge on any atom is 0.260 e. The van der Waals surface area contributed by atoms with Crippen LogP contribution in [0.2, 0.25) is 0 Å². The zero-order chi connectivity index (χ0) is 30.2. The van der Waals surface area contributed by atoms with Gasteiger partial charge in [-0.15, -0.1) is 0 Å². The van der Waals surface area contributed by atoms with Crippen LogP contribution < -0.4 is 25.9 Å². The van der Waals surface area contributed by atoms with E-state index in [1.807, 2.05) is 12.1 Å². The number of benzene rings is 7. The maximum atomic E-state index is 6.92. The van der Waals surface area contributed by atoms with Crippen molar-refractivity contribution in [1.82, 2.24) is 4.57 Å². The molecule has 0 unspecified atom stereocenters. The molecule has 8 aromatic rings. The molecule has 1 aromatic heterocycles. The van der Waals surface area contributed by atoms with Crippen molar-refractivity contribution in [3.8, 4) is 50.9 Å². The average molecular weight is 587 g/mol. The average Bonchev–Trinajstić information content (AvgIpc) is 3.46. The molecule has 0 saturated heterocycles. The molecule has 0 fully saturated rings. The third-order valence-electron chi connectivity index (χ3n) is 9.53. The summed E-state index contributed by atoms with van der Waals surface area (Å²) < 4.78 is 15.8. The molecule has 214 valence electrons. The second-order valence-corrected chi connectivity index (χ2v) is 12.1. The molecule has 0 saturated carbocycles. The quantitative estimate of drug-likeness (QED) is 0.193. The van der Waals surface area contributed by atoms with Crippen LogP contribution in [0.25, 0.3) is 49.7 Å². The van der Waals surface area contributed by atoms with Gasteiger partial charge in [-0.05, 0) is 70.1 Å². The number of fused-ring (bicyclic) bond motifs is 7. The molecule has 4 heteroatoms. The molecule has 0 amide bonds. The molecule has 10 rings (SSSR count). The molecule has 2 aliphatic heterocycles. The van der Waals surface area contributed by atoms with Gasteiger partial charge in [0, 0.05) is 27.5 Å². The molecule has 2 aliphatic rings. The zero-order valence-corrected chi connectivity index (χ0v) is 24.9. The zero-order valence-electron chi connectivity index (χ0n) is 24.9. The summed E-state index contributed by atoms with van der Waals surface area (Å²) in [5.74, 6) is 3.49. The van der Waals surface area contributed by atoms with Crippen LogP contribution in [0.15, 0.2) is 158 Å². The molecule has 0 spiro atoms. The molecule has 7 aromatic carbocycles. The topological polar surface area (TPSA) is 23.4 Å². The standard InChI is InChI=1S/C42H26BNO2/c1-2-11-27(12-3-1)29-25-39-41-40(26-29)46-42-31(15-10-17-35(42)43(41)34-16-6-9-20-38(34)45-39)28-21-23-30(24-22-28)44-36-18-7-4-13-32(36)33-14-5-8-19-37(33)44/h1-26H. The fourth-order valence-electron chi connectivity index (χ4n) is 7.48. The lowest BCUT2D eigenvalue weighted by Gasteiger charge is -2.34. The summed E-state index contributed by atoms with van der Waals surface area (Å²) in [6.07, 6.45) is 0. The number of rotatable bonds is 3. The van der Waals surface area contributed by atoms with E-state index < -0.39 is 0 Å². The van der Waals surface area contributed by atoms with Crippen molar-refractivity contribution >= 4 is 44.9 Å². The van der Waals surface area contributed by atoms with Crippen LogP contribution in [-0.4, -0.2) is 11.3 Å². The first-order chi connectivity index (χ1) is 22.8. The third kappa shape index (κ3) is 3.67. The van der Waals surface area contributed by atoms with E-state index in [1.54, 1.807) is 0 Å². The molecule has 46 heavy (non-hydrogen) atoms.